The van der Waals surface area contributed by atoms with Crippen LogP contribution < -0.4 is 14.8 Å². The second-order valence-corrected chi connectivity index (χ2v) is 8.39. The van der Waals surface area contributed by atoms with Gasteiger partial charge in [0.2, 0.25) is 12.7 Å². The molecule has 4 rings (SSSR count). The van der Waals surface area contributed by atoms with E-state index in [1.807, 2.05) is 23.1 Å². The van der Waals surface area contributed by atoms with E-state index in [2.05, 4.69) is 17.2 Å². The first-order chi connectivity index (χ1) is 15.0. The van der Waals surface area contributed by atoms with Crippen LogP contribution in [0.2, 0.25) is 5.15 Å². The lowest BCUT2D eigenvalue weighted by Crippen LogP contribution is -2.44. The number of benzene rings is 1. The molecule has 1 aromatic heterocycles. The summed E-state index contributed by atoms with van der Waals surface area (Å²) in [6, 6.07) is 8.97. The standard InChI is InChI=1S/C23H26ClN3O4/c1-2-16-13-27(23(29)18-5-7-25-21(24)10-18)8-6-17(16)11-22(28)26-12-15-3-4-19-20(9-15)31-14-30-19/h3-5,7,9-10,16-17H,2,6,8,11-14H2,1H3,(H,26,28)/t16-,17+/m1/s1. The number of piperidine rings is 1. The molecule has 0 spiro atoms. The van der Waals surface area contributed by atoms with Crippen molar-refractivity contribution in [2.75, 3.05) is 19.9 Å². The summed E-state index contributed by atoms with van der Waals surface area (Å²) in [5.41, 5.74) is 1.52. The minimum absolute atomic E-state index is 0.0295. The quantitative estimate of drug-likeness (QED) is 0.689. The van der Waals surface area contributed by atoms with Crippen LogP contribution in [0.3, 0.4) is 0 Å². The molecule has 0 aliphatic carbocycles. The van der Waals surface area contributed by atoms with E-state index in [9.17, 15) is 9.59 Å². The molecule has 1 saturated heterocycles. The second kappa shape index (κ2) is 9.56. The summed E-state index contributed by atoms with van der Waals surface area (Å²) in [7, 11) is 0. The second-order valence-electron chi connectivity index (χ2n) is 8.00. The number of aromatic nitrogens is 1. The Bertz CT molecular complexity index is 968. The van der Waals surface area contributed by atoms with Crippen molar-refractivity contribution in [3.05, 3.63) is 52.8 Å². The van der Waals surface area contributed by atoms with Crippen molar-refractivity contribution in [3.8, 4) is 11.5 Å². The highest BCUT2D eigenvalue weighted by molar-refractivity contribution is 6.29. The average molecular weight is 444 g/mol. The fourth-order valence-electron chi connectivity index (χ4n) is 4.28. The maximum absolute atomic E-state index is 12.8. The van der Waals surface area contributed by atoms with Crippen molar-refractivity contribution in [2.45, 2.75) is 32.7 Å². The van der Waals surface area contributed by atoms with E-state index < -0.39 is 0 Å². The molecule has 164 valence electrons. The van der Waals surface area contributed by atoms with Gasteiger partial charge < -0.3 is 19.7 Å². The number of carbonyl (C=O) groups excluding carboxylic acids is 2. The number of likely N-dealkylation sites (tertiary alicyclic amines) is 1. The maximum atomic E-state index is 12.8. The molecule has 2 aromatic rings. The molecule has 0 bridgehead atoms. The zero-order valence-corrected chi connectivity index (χ0v) is 18.2. The molecule has 0 radical (unpaired) electrons. The summed E-state index contributed by atoms with van der Waals surface area (Å²) in [6.07, 6.45) is 3.73. The third-order valence-electron chi connectivity index (χ3n) is 6.05. The van der Waals surface area contributed by atoms with Gasteiger partial charge in [0.15, 0.2) is 11.5 Å². The van der Waals surface area contributed by atoms with E-state index >= 15 is 0 Å². The monoisotopic (exact) mass is 443 g/mol. The van der Waals surface area contributed by atoms with E-state index in [1.54, 1.807) is 18.3 Å². The molecule has 2 aliphatic heterocycles. The van der Waals surface area contributed by atoms with Gasteiger partial charge in [-0.05, 0) is 48.1 Å². The van der Waals surface area contributed by atoms with E-state index in [-0.39, 0.29) is 30.4 Å². The Kier molecular flexibility index (Phi) is 6.61. The SMILES string of the molecule is CC[C@@H]1CN(C(=O)c2ccnc(Cl)c2)CC[C@H]1CC(=O)NCc1ccc2c(c1)OCO2. The first kappa shape index (κ1) is 21.4. The predicted molar refractivity (Wildman–Crippen MR) is 116 cm³/mol. The Morgan fingerprint density at radius 3 is 2.84 bits per heavy atom. The Hall–Kier alpha value is -2.80. The topological polar surface area (TPSA) is 80.8 Å². The summed E-state index contributed by atoms with van der Waals surface area (Å²) >= 11 is 5.93. The first-order valence-corrected chi connectivity index (χ1v) is 11.0. The molecule has 3 heterocycles. The van der Waals surface area contributed by atoms with E-state index in [4.69, 9.17) is 21.1 Å². The van der Waals surface area contributed by atoms with Crippen LogP contribution in [0.25, 0.3) is 0 Å². The summed E-state index contributed by atoms with van der Waals surface area (Å²) < 4.78 is 10.7. The third-order valence-corrected chi connectivity index (χ3v) is 6.26. The molecule has 1 fully saturated rings. The molecule has 0 saturated carbocycles. The highest BCUT2D eigenvalue weighted by atomic mass is 35.5. The van der Waals surface area contributed by atoms with Gasteiger partial charge >= 0.3 is 0 Å². The number of carbonyl (C=O) groups is 2. The number of fused-ring (bicyclic) bond motifs is 1. The number of amides is 2. The molecular weight excluding hydrogens is 418 g/mol. The fraction of sp³-hybridized carbons (Fsp3) is 0.435. The maximum Gasteiger partial charge on any atom is 0.254 e. The Morgan fingerprint density at radius 2 is 2.03 bits per heavy atom. The van der Waals surface area contributed by atoms with Gasteiger partial charge in [0.05, 0.1) is 0 Å². The number of hydrogen-bond donors (Lipinski definition) is 1. The first-order valence-electron chi connectivity index (χ1n) is 10.6. The van der Waals surface area contributed by atoms with Crippen molar-refractivity contribution in [3.63, 3.8) is 0 Å². The van der Waals surface area contributed by atoms with Crippen LogP contribution in [0, 0.1) is 11.8 Å². The number of halogens is 1. The average Bonchev–Trinajstić information content (AvgIpc) is 3.25. The smallest absolute Gasteiger partial charge is 0.254 e. The minimum atomic E-state index is -0.0338. The number of rotatable bonds is 6. The van der Waals surface area contributed by atoms with Crippen molar-refractivity contribution in [1.82, 2.24) is 15.2 Å². The molecule has 1 N–H and O–H groups in total. The molecule has 1 aromatic carbocycles. The van der Waals surface area contributed by atoms with E-state index in [1.165, 1.54) is 0 Å². The molecule has 31 heavy (non-hydrogen) atoms. The summed E-state index contributed by atoms with van der Waals surface area (Å²) in [5, 5.41) is 3.32. The number of ether oxygens (including phenoxy) is 2. The zero-order chi connectivity index (χ0) is 21.8. The van der Waals surface area contributed by atoms with Gasteiger partial charge in [-0.25, -0.2) is 4.98 Å². The summed E-state index contributed by atoms with van der Waals surface area (Å²) in [5.74, 6) is 1.98. The van der Waals surface area contributed by atoms with Gasteiger partial charge in [0.1, 0.15) is 5.15 Å². The van der Waals surface area contributed by atoms with Crippen molar-refractivity contribution >= 4 is 23.4 Å². The van der Waals surface area contributed by atoms with E-state index in [0.717, 1.165) is 24.2 Å². The highest BCUT2D eigenvalue weighted by Crippen LogP contribution is 2.33. The zero-order valence-electron chi connectivity index (χ0n) is 17.5. The number of nitrogens with zero attached hydrogens (tertiary/aromatic N) is 2. The Labute approximate surface area is 186 Å². The largest absolute Gasteiger partial charge is 0.454 e. The predicted octanol–water partition coefficient (Wildman–Crippen LogP) is 3.66. The van der Waals surface area contributed by atoms with Crippen LogP contribution in [0.15, 0.2) is 36.5 Å². The van der Waals surface area contributed by atoms with Gasteiger partial charge in [0, 0.05) is 37.8 Å². The molecular formula is C23H26ClN3O4. The van der Waals surface area contributed by atoms with Crippen LogP contribution in [-0.4, -0.2) is 41.6 Å². The summed E-state index contributed by atoms with van der Waals surface area (Å²) in [6.45, 7) is 4.08. The van der Waals surface area contributed by atoms with Crippen LogP contribution >= 0.6 is 11.6 Å². The molecule has 2 atom stereocenters. The number of nitrogens with one attached hydrogen (secondary N) is 1. The number of pyridine rings is 1. The minimum Gasteiger partial charge on any atom is -0.454 e. The van der Waals surface area contributed by atoms with Crippen LogP contribution in [-0.2, 0) is 11.3 Å². The molecule has 2 amide bonds. The van der Waals surface area contributed by atoms with Gasteiger partial charge in [-0.3, -0.25) is 9.59 Å². The van der Waals surface area contributed by atoms with Crippen molar-refractivity contribution in [2.24, 2.45) is 11.8 Å². The van der Waals surface area contributed by atoms with Crippen LogP contribution in [0.1, 0.15) is 42.1 Å². The number of hydrogen-bond acceptors (Lipinski definition) is 5. The van der Waals surface area contributed by atoms with Gasteiger partial charge in [-0.1, -0.05) is 31.0 Å². The van der Waals surface area contributed by atoms with Gasteiger partial charge in [-0.15, -0.1) is 0 Å². The van der Waals surface area contributed by atoms with Crippen molar-refractivity contribution in [1.29, 1.82) is 0 Å². The van der Waals surface area contributed by atoms with Crippen LogP contribution in [0.4, 0.5) is 0 Å². The van der Waals surface area contributed by atoms with Crippen molar-refractivity contribution < 1.29 is 19.1 Å². The summed E-state index contributed by atoms with van der Waals surface area (Å²) in [4.78, 5) is 31.2. The van der Waals surface area contributed by atoms with E-state index in [0.29, 0.717) is 42.5 Å². The highest BCUT2D eigenvalue weighted by Gasteiger charge is 2.32. The van der Waals surface area contributed by atoms with Gasteiger partial charge in [0.25, 0.3) is 5.91 Å². The normalized spacial score (nSPS) is 19.9. The lowest BCUT2D eigenvalue weighted by Gasteiger charge is -2.38. The van der Waals surface area contributed by atoms with Gasteiger partial charge in [-0.2, -0.15) is 0 Å². The lowest BCUT2D eigenvalue weighted by molar-refractivity contribution is -0.123. The Balaban J connectivity index is 1.30. The third kappa shape index (κ3) is 5.10. The fourth-order valence-corrected chi connectivity index (χ4v) is 4.45. The molecule has 0 unspecified atom stereocenters. The van der Waals surface area contributed by atoms with Crippen LogP contribution in [0.5, 0.6) is 11.5 Å². The Morgan fingerprint density at radius 1 is 1.19 bits per heavy atom. The molecule has 2 aliphatic rings. The molecule has 8 heteroatoms. The lowest BCUT2D eigenvalue weighted by atomic mass is 9.81. The molecule has 7 nitrogen and oxygen atoms in total.